The molecule has 3 saturated carbocycles. The van der Waals surface area contributed by atoms with Gasteiger partial charge in [-0.05, 0) is 55.3 Å². The van der Waals surface area contributed by atoms with E-state index in [1.807, 2.05) is 0 Å². The number of hydrogen-bond donors (Lipinski definition) is 0. The van der Waals surface area contributed by atoms with Crippen LogP contribution in [-0.2, 0) is 19.1 Å². The van der Waals surface area contributed by atoms with Crippen LogP contribution in [0.4, 0.5) is 0 Å². The summed E-state index contributed by atoms with van der Waals surface area (Å²) in [4.78, 5) is 36.1. The van der Waals surface area contributed by atoms with Crippen LogP contribution in [0.5, 0.6) is 0 Å². The van der Waals surface area contributed by atoms with Crippen LogP contribution in [0.2, 0.25) is 0 Å². The van der Waals surface area contributed by atoms with Crippen molar-refractivity contribution in [1.82, 2.24) is 0 Å². The van der Waals surface area contributed by atoms with Gasteiger partial charge >= 0.3 is 5.97 Å². The predicted octanol–water partition coefficient (Wildman–Crippen LogP) is 3.18. The smallest absolute Gasteiger partial charge is 0.306 e. The Kier molecular flexibility index (Phi) is 4.14. The van der Waals surface area contributed by atoms with E-state index in [0.717, 1.165) is 38.4 Å². The Morgan fingerprint density at radius 1 is 1.22 bits per heavy atom. The molecule has 3 rings (SSSR count). The summed E-state index contributed by atoms with van der Waals surface area (Å²) < 4.78 is 4.85. The number of ether oxygens (including phenoxy) is 1. The Balaban J connectivity index is 1.85. The first kappa shape index (κ1) is 16.7. The van der Waals surface area contributed by atoms with Gasteiger partial charge in [0.25, 0.3) is 0 Å². The number of methoxy groups -OCH3 is 1. The van der Waals surface area contributed by atoms with Gasteiger partial charge in [-0.3, -0.25) is 9.59 Å². The molecule has 0 heterocycles. The van der Waals surface area contributed by atoms with Gasteiger partial charge in [0.1, 0.15) is 12.1 Å². The number of hydrogen-bond acceptors (Lipinski definition) is 4. The highest BCUT2D eigenvalue weighted by Gasteiger charge is 2.58. The second-order valence-corrected chi connectivity index (χ2v) is 8.46. The van der Waals surface area contributed by atoms with Crippen molar-refractivity contribution in [1.29, 1.82) is 0 Å². The lowest BCUT2D eigenvalue weighted by Crippen LogP contribution is -2.51. The summed E-state index contributed by atoms with van der Waals surface area (Å²) in [7, 11) is 1.41. The number of carbonyl (C=O) groups excluding carboxylic acids is 3. The number of carbonyl (C=O) groups is 3. The molecule has 0 aromatic carbocycles. The van der Waals surface area contributed by atoms with Crippen molar-refractivity contribution in [3.63, 3.8) is 0 Å². The summed E-state index contributed by atoms with van der Waals surface area (Å²) in [6.45, 7) is 4.20. The van der Waals surface area contributed by atoms with Crippen molar-refractivity contribution in [3.05, 3.63) is 0 Å². The largest absolute Gasteiger partial charge is 0.469 e. The minimum Gasteiger partial charge on any atom is -0.469 e. The molecule has 128 valence electrons. The van der Waals surface area contributed by atoms with Crippen molar-refractivity contribution in [2.75, 3.05) is 7.11 Å². The van der Waals surface area contributed by atoms with E-state index in [0.29, 0.717) is 36.4 Å². The Bertz CT molecular complexity index is 527. The first-order chi connectivity index (χ1) is 10.9. The topological polar surface area (TPSA) is 60.4 Å². The highest BCUT2D eigenvalue weighted by molar-refractivity contribution is 5.87. The molecule has 6 atom stereocenters. The van der Waals surface area contributed by atoms with Gasteiger partial charge in [-0.2, -0.15) is 0 Å². The van der Waals surface area contributed by atoms with Crippen LogP contribution in [0, 0.1) is 34.5 Å². The van der Waals surface area contributed by atoms with Crippen LogP contribution in [0.3, 0.4) is 0 Å². The third kappa shape index (κ3) is 2.45. The van der Waals surface area contributed by atoms with E-state index in [2.05, 4.69) is 13.8 Å². The van der Waals surface area contributed by atoms with Gasteiger partial charge in [-0.25, -0.2) is 0 Å². The molecule has 3 aliphatic carbocycles. The van der Waals surface area contributed by atoms with E-state index in [4.69, 9.17) is 4.74 Å². The number of aldehydes is 1. The SMILES string of the molecule is COC(=O)C[C@@]1(C)CC[C@@H]2[C@H](CC[C@]3(C)C(=O)CC[C@@H]23)[C@H]1C=O. The number of fused-ring (bicyclic) bond motifs is 3. The molecule has 0 aromatic rings. The monoisotopic (exact) mass is 320 g/mol. The maximum atomic E-state index is 12.3. The molecule has 3 aliphatic rings. The normalized spacial score (nSPS) is 46.0. The van der Waals surface area contributed by atoms with Crippen LogP contribution < -0.4 is 0 Å². The zero-order chi connectivity index (χ0) is 16.8. The maximum absolute atomic E-state index is 12.3. The molecule has 0 bridgehead atoms. The van der Waals surface area contributed by atoms with Gasteiger partial charge in [0.05, 0.1) is 13.5 Å². The van der Waals surface area contributed by atoms with Crippen molar-refractivity contribution in [2.24, 2.45) is 34.5 Å². The Labute approximate surface area is 138 Å². The van der Waals surface area contributed by atoms with Gasteiger partial charge in [0, 0.05) is 17.8 Å². The summed E-state index contributed by atoms with van der Waals surface area (Å²) >= 11 is 0. The lowest BCUT2D eigenvalue weighted by molar-refractivity contribution is -0.150. The van der Waals surface area contributed by atoms with Crippen LogP contribution in [-0.4, -0.2) is 25.1 Å². The average molecular weight is 320 g/mol. The van der Waals surface area contributed by atoms with Gasteiger partial charge in [-0.15, -0.1) is 0 Å². The quantitative estimate of drug-likeness (QED) is 0.592. The molecule has 0 saturated heterocycles. The molecule has 23 heavy (non-hydrogen) atoms. The first-order valence-electron chi connectivity index (χ1n) is 8.91. The molecule has 0 radical (unpaired) electrons. The average Bonchev–Trinajstić information content (AvgIpc) is 2.82. The van der Waals surface area contributed by atoms with Crippen molar-refractivity contribution < 1.29 is 19.1 Å². The standard InChI is InChI=1S/C19H28O4/c1-18(10-17(22)23-3)8-6-12-13(15(18)11-20)7-9-19(2)14(12)4-5-16(19)21/h11-15H,4-10H2,1-3H3/t12-,13+,14+,15-,18-,19+/m1/s1. The number of ketones is 1. The molecule has 4 heteroatoms. The Hall–Kier alpha value is -1.19. The Morgan fingerprint density at radius 3 is 2.57 bits per heavy atom. The van der Waals surface area contributed by atoms with E-state index in [1.165, 1.54) is 7.11 Å². The fraction of sp³-hybridized carbons (Fsp3) is 0.842. The fourth-order valence-corrected chi connectivity index (χ4v) is 6.00. The zero-order valence-corrected chi connectivity index (χ0v) is 14.5. The second kappa shape index (κ2) is 5.71. The second-order valence-electron chi connectivity index (χ2n) is 8.46. The summed E-state index contributed by atoms with van der Waals surface area (Å²) in [5, 5.41) is 0. The molecule has 0 unspecified atom stereocenters. The molecule has 0 aliphatic heterocycles. The molecule has 4 nitrogen and oxygen atoms in total. The summed E-state index contributed by atoms with van der Waals surface area (Å²) in [6, 6.07) is 0. The highest BCUT2D eigenvalue weighted by Crippen LogP contribution is 2.61. The van der Waals surface area contributed by atoms with Gasteiger partial charge in [0.15, 0.2) is 0 Å². The Morgan fingerprint density at radius 2 is 1.91 bits per heavy atom. The van der Waals surface area contributed by atoms with Crippen molar-refractivity contribution in [2.45, 2.75) is 58.8 Å². The predicted molar refractivity (Wildman–Crippen MR) is 85.6 cm³/mol. The van der Waals surface area contributed by atoms with E-state index in [1.54, 1.807) is 0 Å². The maximum Gasteiger partial charge on any atom is 0.306 e. The number of Topliss-reactive ketones (excluding diaryl/α,β-unsaturated/α-hetero) is 1. The molecule has 0 spiro atoms. The van der Waals surface area contributed by atoms with E-state index >= 15 is 0 Å². The van der Waals surface area contributed by atoms with Crippen LogP contribution in [0.15, 0.2) is 0 Å². The summed E-state index contributed by atoms with van der Waals surface area (Å²) in [5.74, 6) is 1.31. The lowest BCUT2D eigenvalue weighted by Gasteiger charge is -2.54. The fourth-order valence-electron chi connectivity index (χ4n) is 6.00. The molecule has 0 amide bonds. The van der Waals surface area contributed by atoms with E-state index in [9.17, 15) is 14.4 Å². The third-order valence-electron chi connectivity index (χ3n) is 7.44. The molecule has 0 aromatic heterocycles. The lowest BCUT2D eigenvalue weighted by atomic mass is 9.49. The summed E-state index contributed by atoms with van der Waals surface area (Å²) in [6.07, 6.45) is 6.81. The zero-order valence-electron chi connectivity index (χ0n) is 14.5. The van der Waals surface area contributed by atoms with E-state index in [-0.39, 0.29) is 22.7 Å². The third-order valence-corrected chi connectivity index (χ3v) is 7.44. The summed E-state index contributed by atoms with van der Waals surface area (Å²) in [5.41, 5.74) is -0.461. The first-order valence-corrected chi connectivity index (χ1v) is 8.91. The van der Waals surface area contributed by atoms with Gasteiger partial charge < -0.3 is 9.53 Å². The number of esters is 1. The molecule has 3 fully saturated rings. The van der Waals surface area contributed by atoms with Crippen LogP contribution in [0.25, 0.3) is 0 Å². The molecular formula is C19H28O4. The van der Waals surface area contributed by atoms with Crippen LogP contribution >= 0.6 is 0 Å². The minimum atomic E-state index is -0.299. The van der Waals surface area contributed by atoms with Gasteiger partial charge in [0.2, 0.25) is 0 Å². The van der Waals surface area contributed by atoms with Crippen LogP contribution in [0.1, 0.15) is 58.8 Å². The van der Waals surface area contributed by atoms with Crippen molar-refractivity contribution >= 4 is 18.0 Å². The van der Waals surface area contributed by atoms with E-state index < -0.39 is 0 Å². The van der Waals surface area contributed by atoms with Crippen molar-refractivity contribution in [3.8, 4) is 0 Å². The highest BCUT2D eigenvalue weighted by atomic mass is 16.5. The number of rotatable bonds is 3. The molecule has 0 N–H and O–H groups in total. The minimum absolute atomic E-state index is 0.0967. The van der Waals surface area contributed by atoms with Gasteiger partial charge in [-0.1, -0.05) is 13.8 Å². The molecular weight excluding hydrogens is 292 g/mol.